The normalized spacial score (nSPS) is 38.6. The molecule has 8 nitrogen and oxygen atoms in total. The Hall–Kier alpha value is -2.10. The van der Waals surface area contributed by atoms with Gasteiger partial charge in [0.1, 0.15) is 6.10 Å². The van der Waals surface area contributed by atoms with Crippen LogP contribution in [-0.4, -0.2) is 51.7 Å². The fourth-order valence-electron chi connectivity index (χ4n) is 12.8. The van der Waals surface area contributed by atoms with Crippen LogP contribution in [0.15, 0.2) is 22.0 Å². The van der Waals surface area contributed by atoms with Crippen molar-refractivity contribution in [3.63, 3.8) is 0 Å². The number of carbonyl (C=O) groups is 3. The number of Topliss-reactive ketones (excluding diaryl/α,β-unsaturated/α-hetero) is 1. The number of hydrogen-bond acceptors (Lipinski definition) is 8. The first kappa shape index (κ1) is 37.7. The van der Waals surface area contributed by atoms with Crippen LogP contribution in [0.5, 0.6) is 0 Å². The minimum absolute atomic E-state index is 0.00287. The lowest BCUT2D eigenvalue weighted by molar-refractivity contribution is -0.235. The number of ketones is 1. The molecule has 0 aromatic carbocycles. The number of fused-ring (bicyclic) bond motifs is 7. The van der Waals surface area contributed by atoms with Crippen LogP contribution in [-0.2, 0) is 25.7 Å². The van der Waals surface area contributed by atoms with Crippen molar-refractivity contribution < 1.29 is 29.3 Å². The summed E-state index contributed by atoms with van der Waals surface area (Å²) in [6.45, 7) is 20.7. The van der Waals surface area contributed by atoms with Crippen LogP contribution in [0.4, 0.5) is 0 Å². The standard InChI is InChI=1S/C41H62N2O6S/c1-24(2)33-27(44)18-41(30(45)21-42-20-25-22-50-23-43-25)17-16-39(8)26(34(33)41)10-11-29-38(7)14-13-31(49-32(46)19-36(3,4)35(47)48)37(5,6)28(38)12-15-40(29,39)9/h22-24,26,28-31,42,45H,10-21H2,1-9H3,(H,47,48)/t26-,28+,29-,30+,31+,38+,39-,40-,41+/m1/s1. The third-order valence-corrected chi connectivity index (χ3v) is 16.3. The number of carboxylic acid groups (broad SMARTS) is 1. The van der Waals surface area contributed by atoms with Gasteiger partial charge < -0.3 is 20.3 Å². The summed E-state index contributed by atoms with van der Waals surface area (Å²) in [7, 11) is 0. The van der Waals surface area contributed by atoms with Gasteiger partial charge in [0, 0.05) is 35.7 Å². The number of carbonyl (C=O) groups excluding carboxylic acids is 2. The number of aliphatic hydroxyl groups is 1. The van der Waals surface area contributed by atoms with Gasteiger partial charge in [-0.1, -0.05) is 54.0 Å². The summed E-state index contributed by atoms with van der Waals surface area (Å²) in [6, 6.07) is 0. The molecule has 4 saturated carbocycles. The Bertz CT molecular complexity index is 1530. The number of allylic oxidation sites excluding steroid dienone is 1. The highest BCUT2D eigenvalue weighted by molar-refractivity contribution is 7.07. The van der Waals surface area contributed by atoms with E-state index in [1.54, 1.807) is 25.2 Å². The maximum absolute atomic E-state index is 14.0. The SMILES string of the molecule is CC(C)C1=C2[C@H]3CC[C@@H]4[C@@]5(C)CC[C@H](OC(=O)CC(C)(C)C(=O)O)C(C)(C)[C@@H]5CC[C@@]4(C)[C@]3(C)CC[C@@]2([C@@H](O)CNCc2cscn2)CC1=O. The third-order valence-electron chi connectivity index (χ3n) is 15.6. The average Bonchev–Trinajstić information content (AvgIpc) is 3.64. The van der Waals surface area contributed by atoms with E-state index >= 15 is 0 Å². The molecule has 4 fully saturated rings. The number of nitrogens with one attached hydrogen (secondary N) is 1. The molecule has 0 spiro atoms. The lowest BCUT2D eigenvalue weighted by Gasteiger charge is -2.72. The minimum atomic E-state index is -1.16. The Labute approximate surface area is 303 Å². The molecule has 0 radical (unpaired) electrons. The van der Waals surface area contributed by atoms with Crippen molar-refractivity contribution in [3.05, 3.63) is 27.7 Å². The average molecular weight is 711 g/mol. The number of esters is 1. The number of aliphatic carboxylic acids is 1. The van der Waals surface area contributed by atoms with E-state index < -0.39 is 28.9 Å². The first-order valence-electron chi connectivity index (χ1n) is 19.2. The number of aliphatic hydroxyl groups excluding tert-OH is 1. The van der Waals surface area contributed by atoms with Gasteiger partial charge in [-0.3, -0.25) is 14.4 Å². The van der Waals surface area contributed by atoms with Crippen molar-refractivity contribution in [2.75, 3.05) is 6.54 Å². The summed E-state index contributed by atoms with van der Waals surface area (Å²) in [5.41, 5.74) is 3.31. The molecular weight excluding hydrogens is 649 g/mol. The minimum Gasteiger partial charge on any atom is -0.481 e. The molecule has 9 atom stereocenters. The van der Waals surface area contributed by atoms with Crippen LogP contribution in [0, 0.1) is 56.2 Å². The number of ether oxygens (including phenoxy) is 1. The first-order chi connectivity index (χ1) is 23.2. The Morgan fingerprint density at radius 3 is 2.38 bits per heavy atom. The molecule has 9 heteroatoms. The largest absolute Gasteiger partial charge is 0.481 e. The van der Waals surface area contributed by atoms with Crippen molar-refractivity contribution in [1.82, 2.24) is 10.3 Å². The maximum atomic E-state index is 14.0. The predicted octanol–water partition coefficient (Wildman–Crippen LogP) is 7.99. The van der Waals surface area contributed by atoms with Gasteiger partial charge in [-0.15, -0.1) is 11.3 Å². The van der Waals surface area contributed by atoms with Gasteiger partial charge in [-0.05, 0) is 111 Å². The highest BCUT2D eigenvalue weighted by Gasteiger charge is 2.70. The molecule has 0 bridgehead atoms. The molecule has 3 N–H and O–H groups in total. The molecular formula is C41H62N2O6S. The second-order valence-electron chi connectivity index (χ2n) is 19.2. The molecule has 1 heterocycles. The second kappa shape index (κ2) is 12.8. The summed E-state index contributed by atoms with van der Waals surface area (Å²) in [5.74, 6) is 0.0829. The van der Waals surface area contributed by atoms with Gasteiger partial charge in [-0.25, -0.2) is 4.98 Å². The summed E-state index contributed by atoms with van der Waals surface area (Å²) < 4.78 is 6.16. The van der Waals surface area contributed by atoms with Crippen molar-refractivity contribution in [2.24, 2.45) is 56.2 Å². The fourth-order valence-corrected chi connectivity index (χ4v) is 13.3. The molecule has 1 aromatic rings. The van der Waals surface area contributed by atoms with Gasteiger partial charge in [0.2, 0.25) is 0 Å². The molecule has 0 saturated heterocycles. The second-order valence-corrected chi connectivity index (χ2v) is 19.9. The van der Waals surface area contributed by atoms with Crippen LogP contribution in [0.1, 0.15) is 132 Å². The van der Waals surface area contributed by atoms with E-state index in [0.717, 1.165) is 62.6 Å². The lowest BCUT2D eigenvalue weighted by atomic mass is 9.33. The van der Waals surface area contributed by atoms with Gasteiger partial charge >= 0.3 is 11.9 Å². The summed E-state index contributed by atoms with van der Waals surface area (Å²) in [4.78, 5) is 43.1. The smallest absolute Gasteiger partial charge is 0.309 e. The Morgan fingerprint density at radius 1 is 1.02 bits per heavy atom. The van der Waals surface area contributed by atoms with E-state index in [1.165, 1.54) is 5.57 Å². The molecule has 1 aromatic heterocycles. The van der Waals surface area contributed by atoms with E-state index in [1.807, 2.05) is 10.9 Å². The topological polar surface area (TPSA) is 126 Å². The highest BCUT2D eigenvalue weighted by Crippen LogP contribution is 2.77. The quantitative estimate of drug-likeness (QED) is 0.209. The fraction of sp³-hybridized carbons (Fsp3) is 0.805. The molecule has 0 amide bonds. The molecule has 5 aliphatic carbocycles. The Kier molecular flexibility index (Phi) is 9.63. The maximum Gasteiger partial charge on any atom is 0.309 e. The van der Waals surface area contributed by atoms with E-state index in [0.29, 0.717) is 31.3 Å². The van der Waals surface area contributed by atoms with Crippen LogP contribution in [0.2, 0.25) is 0 Å². The van der Waals surface area contributed by atoms with Crippen LogP contribution < -0.4 is 5.32 Å². The van der Waals surface area contributed by atoms with Crippen molar-refractivity contribution >= 4 is 29.1 Å². The van der Waals surface area contributed by atoms with E-state index in [4.69, 9.17) is 4.74 Å². The Morgan fingerprint density at radius 2 is 1.74 bits per heavy atom. The number of aromatic nitrogens is 1. The van der Waals surface area contributed by atoms with Gasteiger partial charge in [-0.2, -0.15) is 0 Å². The number of thiazole rings is 1. The third kappa shape index (κ3) is 5.66. The zero-order valence-corrected chi connectivity index (χ0v) is 32.8. The molecule has 6 rings (SSSR count). The van der Waals surface area contributed by atoms with Crippen LogP contribution in [0.25, 0.3) is 0 Å². The number of hydrogen-bond donors (Lipinski definition) is 3. The monoisotopic (exact) mass is 710 g/mol. The van der Waals surface area contributed by atoms with E-state index in [-0.39, 0.29) is 51.8 Å². The Balaban J connectivity index is 1.27. The number of rotatable bonds is 10. The van der Waals surface area contributed by atoms with Crippen molar-refractivity contribution in [1.29, 1.82) is 0 Å². The van der Waals surface area contributed by atoms with E-state index in [9.17, 15) is 24.6 Å². The lowest BCUT2D eigenvalue weighted by Crippen LogP contribution is -2.66. The highest BCUT2D eigenvalue weighted by atomic mass is 32.1. The van der Waals surface area contributed by atoms with Crippen LogP contribution >= 0.6 is 11.3 Å². The summed E-state index contributed by atoms with van der Waals surface area (Å²) in [5, 5.41) is 27.1. The molecule has 0 unspecified atom stereocenters. The van der Waals surface area contributed by atoms with Crippen molar-refractivity contribution in [2.45, 2.75) is 145 Å². The first-order valence-corrected chi connectivity index (χ1v) is 20.2. The molecule has 5 aliphatic rings. The molecule has 50 heavy (non-hydrogen) atoms. The zero-order chi connectivity index (χ0) is 36.7. The predicted molar refractivity (Wildman–Crippen MR) is 195 cm³/mol. The number of carboxylic acids is 1. The molecule has 0 aliphatic heterocycles. The van der Waals surface area contributed by atoms with E-state index in [2.05, 4.69) is 58.8 Å². The van der Waals surface area contributed by atoms with Gasteiger partial charge in [0.15, 0.2) is 5.78 Å². The number of nitrogens with zero attached hydrogens (tertiary/aromatic N) is 1. The van der Waals surface area contributed by atoms with Crippen molar-refractivity contribution in [3.8, 4) is 0 Å². The zero-order valence-electron chi connectivity index (χ0n) is 32.0. The summed E-state index contributed by atoms with van der Waals surface area (Å²) in [6.07, 6.45) is 7.26. The summed E-state index contributed by atoms with van der Waals surface area (Å²) >= 11 is 1.57. The van der Waals surface area contributed by atoms with Gasteiger partial charge in [0.05, 0.1) is 29.1 Å². The van der Waals surface area contributed by atoms with Gasteiger partial charge in [0.25, 0.3) is 0 Å². The van der Waals surface area contributed by atoms with Crippen LogP contribution in [0.3, 0.4) is 0 Å². The molecule has 278 valence electrons.